The highest BCUT2D eigenvalue weighted by Gasteiger charge is 2.35. The molecular weight excluding hydrogens is 435 g/mol. The van der Waals surface area contributed by atoms with Crippen LogP contribution in [0.15, 0.2) is 41.3 Å². The van der Waals surface area contributed by atoms with E-state index in [1.165, 1.54) is 23.5 Å². The second-order valence-electron chi connectivity index (χ2n) is 6.95. The summed E-state index contributed by atoms with van der Waals surface area (Å²) in [7, 11) is -2.45. The average Bonchev–Trinajstić information content (AvgIpc) is 2.70. The number of halogens is 2. The molecule has 0 saturated carbocycles. The first-order chi connectivity index (χ1) is 13.7. The zero-order valence-electron chi connectivity index (χ0n) is 16.1. The quantitative estimate of drug-likeness (QED) is 0.725. The van der Waals surface area contributed by atoms with Crippen LogP contribution in [0.3, 0.4) is 0 Å². The maximum absolute atomic E-state index is 13.2. The van der Waals surface area contributed by atoms with E-state index < -0.39 is 15.9 Å². The van der Waals surface area contributed by atoms with Crippen LogP contribution in [-0.2, 0) is 14.8 Å². The number of piperidine rings is 1. The smallest absolute Gasteiger partial charge is 0.246 e. The summed E-state index contributed by atoms with van der Waals surface area (Å²) in [5, 5.41) is 3.69. The SMILES string of the molecule is COc1ccc(Cl)cc1S(=O)(=O)N1CCC[C@H](C(=O)Nc2cc(Cl)ccc2C)C1. The van der Waals surface area contributed by atoms with Crippen molar-refractivity contribution in [1.29, 1.82) is 0 Å². The summed E-state index contributed by atoms with van der Waals surface area (Å²) in [6.45, 7) is 2.29. The first-order valence-corrected chi connectivity index (χ1v) is 11.3. The van der Waals surface area contributed by atoms with Gasteiger partial charge in [-0.25, -0.2) is 8.42 Å². The Morgan fingerprint density at radius 3 is 2.59 bits per heavy atom. The predicted molar refractivity (Wildman–Crippen MR) is 114 cm³/mol. The molecule has 29 heavy (non-hydrogen) atoms. The van der Waals surface area contributed by atoms with E-state index in [1.807, 2.05) is 13.0 Å². The number of aryl methyl sites for hydroxylation is 1. The summed E-state index contributed by atoms with van der Waals surface area (Å²) < 4.78 is 32.9. The molecule has 1 heterocycles. The topological polar surface area (TPSA) is 75.7 Å². The van der Waals surface area contributed by atoms with Crippen LogP contribution in [-0.4, -0.2) is 38.8 Å². The van der Waals surface area contributed by atoms with Crippen molar-refractivity contribution in [3.8, 4) is 5.75 Å². The van der Waals surface area contributed by atoms with E-state index in [0.717, 1.165) is 5.56 Å². The molecule has 1 saturated heterocycles. The lowest BCUT2D eigenvalue weighted by Crippen LogP contribution is -2.43. The standard InChI is InChI=1S/C20H22Cl2N2O4S/c1-13-5-6-15(21)10-17(13)23-20(25)14-4-3-9-24(12-14)29(26,27)19-11-16(22)7-8-18(19)28-2/h5-8,10-11,14H,3-4,9,12H2,1-2H3,(H,23,25)/t14-/m0/s1. The highest BCUT2D eigenvalue weighted by Crippen LogP contribution is 2.32. The fraction of sp³-hybridized carbons (Fsp3) is 0.350. The molecule has 1 atom stereocenters. The number of methoxy groups -OCH3 is 1. The van der Waals surface area contributed by atoms with Crippen LogP contribution in [0.2, 0.25) is 10.0 Å². The fourth-order valence-electron chi connectivity index (χ4n) is 3.33. The summed E-state index contributed by atoms with van der Waals surface area (Å²) in [6, 6.07) is 9.71. The summed E-state index contributed by atoms with van der Waals surface area (Å²) in [5.74, 6) is -0.481. The highest BCUT2D eigenvalue weighted by atomic mass is 35.5. The van der Waals surface area contributed by atoms with Gasteiger partial charge in [0.05, 0.1) is 13.0 Å². The molecule has 0 bridgehead atoms. The molecule has 6 nitrogen and oxygen atoms in total. The Hall–Kier alpha value is -1.80. The Labute approximate surface area is 180 Å². The Balaban J connectivity index is 1.80. The monoisotopic (exact) mass is 456 g/mol. The molecule has 1 N–H and O–H groups in total. The van der Waals surface area contributed by atoms with Crippen molar-refractivity contribution >= 4 is 44.8 Å². The Morgan fingerprint density at radius 2 is 1.86 bits per heavy atom. The number of benzene rings is 2. The molecule has 1 amide bonds. The van der Waals surface area contributed by atoms with Gasteiger partial charge in [0.15, 0.2) is 0 Å². The van der Waals surface area contributed by atoms with Gasteiger partial charge in [0.2, 0.25) is 15.9 Å². The van der Waals surface area contributed by atoms with Crippen molar-refractivity contribution < 1.29 is 17.9 Å². The molecule has 1 fully saturated rings. The number of nitrogens with one attached hydrogen (secondary N) is 1. The van der Waals surface area contributed by atoms with Crippen LogP contribution < -0.4 is 10.1 Å². The molecule has 156 valence electrons. The zero-order chi connectivity index (χ0) is 21.2. The van der Waals surface area contributed by atoms with E-state index in [0.29, 0.717) is 35.1 Å². The van der Waals surface area contributed by atoms with Crippen LogP contribution in [0.25, 0.3) is 0 Å². The molecule has 0 aromatic heterocycles. The molecule has 1 aliphatic heterocycles. The van der Waals surface area contributed by atoms with Gasteiger partial charge in [-0.1, -0.05) is 29.3 Å². The number of carbonyl (C=O) groups is 1. The maximum Gasteiger partial charge on any atom is 0.246 e. The third-order valence-corrected chi connectivity index (χ3v) is 7.31. The van der Waals surface area contributed by atoms with Gasteiger partial charge < -0.3 is 10.1 Å². The van der Waals surface area contributed by atoms with Crippen molar-refractivity contribution in [2.75, 3.05) is 25.5 Å². The second-order valence-corrected chi connectivity index (χ2v) is 9.73. The summed E-state index contributed by atoms with van der Waals surface area (Å²) in [6.07, 6.45) is 1.18. The normalized spacial score (nSPS) is 17.7. The molecule has 0 radical (unpaired) electrons. The largest absolute Gasteiger partial charge is 0.495 e. The van der Waals surface area contributed by atoms with Gasteiger partial charge in [0, 0.05) is 28.8 Å². The summed E-state index contributed by atoms with van der Waals surface area (Å²) >= 11 is 12.0. The minimum atomic E-state index is -3.86. The molecule has 0 spiro atoms. The van der Waals surface area contributed by atoms with Crippen LogP contribution in [0.1, 0.15) is 18.4 Å². The first kappa shape index (κ1) is 21.9. The number of carbonyl (C=O) groups excluding carboxylic acids is 1. The number of sulfonamides is 1. The molecule has 1 aliphatic rings. The number of ether oxygens (including phenoxy) is 1. The Bertz CT molecular complexity index is 1030. The van der Waals surface area contributed by atoms with Gasteiger partial charge in [0.1, 0.15) is 10.6 Å². The van der Waals surface area contributed by atoms with Gasteiger partial charge in [0.25, 0.3) is 0 Å². The number of rotatable bonds is 5. The van der Waals surface area contributed by atoms with Crippen molar-refractivity contribution in [2.45, 2.75) is 24.7 Å². The minimum Gasteiger partial charge on any atom is -0.495 e. The third-order valence-electron chi connectivity index (χ3n) is 4.96. The third kappa shape index (κ3) is 4.86. The predicted octanol–water partition coefficient (Wildman–Crippen LogP) is 4.35. The second kappa shape index (κ2) is 8.92. The number of nitrogens with zero attached hydrogens (tertiary/aromatic N) is 1. The number of hydrogen-bond acceptors (Lipinski definition) is 4. The average molecular weight is 457 g/mol. The summed E-state index contributed by atoms with van der Waals surface area (Å²) in [4.78, 5) is 12.8. The van der Waals surface area contributed by atoms with Gasteiger partial charge in [-0.2, -0.15) is 4.31 Å². The van der Waals surface area contributed by atoms with E-state index in [-0.39, 0.29) is 23.1 Å². The lowest BCUT2D eigenvalue weighted by Gasteiger charge is -2.31. The number of hydrogen-bond donors (Lipinski definition) is 1. The number of amides is 1. The van der Waals surface area contributed by atoms with Crippen LogP contribution in [0.5, 0.6) is 5.75 Å². The highest BCUT2D eigenvalue weighted by molar-refractivity contribution is 7.89. The molecule has 2 aromatic rings. The van der Waals surface area contributed by atoms with Crippen LogP contribution in [0.4, 0.5) is 5.69 Å². The lowest BCUT2D eigenvalue weighted by molar-refractivity contribution is -0.120. The van der Waals surface area contributed by atoms with E-state index >= 15 is 0 Å². The summed E-state index contributed by atoms with van der Waals surface area (Å²) in [5.41, 5.74) is 1.51. The zero-order valence-corrected chi connectivity index (χ0v) is 18.4. The molecule has 3 rings (SSSR count). The van der Waals surface area contributed by atoms with E-state index in [4.69, 9.17) is 27.9 Å². The number of anilines is 1. The van der Waals surface area contributed by atoms with Crippen molar-refractivity contribution in [3.05, 3.63) is 52.0 Å². The molecule has 2 aromatic carbocycles. The van der Waals surface area contributed by atoms with E-state index in [9.17, 15) is 13.2 Å². The molecular formula is C20H22Cl2N2O4S. The van der Waals surface area contributed by atoms with Crippen molar-refractivity contribution in [2.24, 2.45) is 5.92 Å². The fourth-order valence-corrected chi connectivity index (χ4v) is 5.44. The molecule has 9 heteroatoms. The maximum atomic E-state index is 13.2. The van der Waals surface area contributed by atoms with Crippen molar-refractivity contribution in [1.82, 2.24) is 4.31 Å². The minimum absolute atomic E-state index is 0.000700. The first-order valence-electron chi connectivity index (χ1n) is 9.13. The van der Waals surface area contributed by atoms with E-state index in [1.54, 1.807) is 18.2 Å². The van der Waals surface area contributed by atoms with Gasteiger partial charge >= 0.3 is 0 Å². The van der Waals surface area contributed by atoms with Crippen LogP contribution >= 0.6 is 23.2 Å². The lowest BCUT2D eigenvalue weighted by atomic mass is 9.98. The van der Waals surface area contributed by atoms with Crippen LogP contribution in [0, 0.1) is 12.8 Å². The van der Waals surface area contributed by atoms with Crippen molar-refractivity contribution in [3.63, 3.8) is 0 Å². The molecule has 0 unspecified atom stereocenters. The Morgan fingerprint density at radius 1 is 1.17 bits per heavy atom. The molecule has 0 aliphatic carbocycles. The van der Waals surface area contributed by atoms with Gasteiger partial charge in [-0.3, -0.25) is 4.79 Å². The van der Waals surface area contributed by atoms with Gasteiger partial charge in [-0.15, -0.1) is 0 Å². The Kier molecular flexibility index (Phi) is 6.73. The van der Waals surface area contributed by atoms with E-state index in [2.05, 4.69) is 5.32 Å². The van der Waals surface area contributed by atoms with Gasteiger partial charge in [-0.05, 0) is 55.7 Å².